The van der Waals surface area contributed by atoms with Gasteiger partial charge < -0.3 is 10.4 Å². The van der Waals surface area contributed by atoms with Crippen LogP contribution in [0.5, 0.6) is 5.75 Å². The summed E-state index contributed by atoms with van der Waals surface area (Å²) in [4.78, 5) is 0. The third kappa shape index (κ3) is 3.09. The number of rotatable bonds is 3. The second-order valence-corrected chi connectivity index (χ2v) is 4.94. The third-order valence-corrected chi connectivity index (χ3v) is 3.25. The molecule has 2 N–H and O–H groups in total. The van der Waals surface area contributed by atoms with Gasteiger partial charge in [0.15, 0.2) is 0 Å². The van der Waals surface area contributed by atoms with Gasteiger partial charge in [0, 0.05) is 6.54 Å². The van der Waals surface area contributed by atoms with E-state index in [2.05, 4.69) is 5.32 Å². The lowest BCUT2D eigenvalue weighted by molar-refractivity contribution is 0.475. The van der Waals surface area contributed by atoms with Gasteiger partial charge in [0.05, 0.1) is 15.7 Å². The Morgan fingerprint density at radius 3 is 2.56 bits per heavy atom. The molecule has 2 aromatic rings. The molecule has 0 heterocycles. The van der Waals surface area contributed by atoms with Crippen molar-refractivity contribution in [2.75, 3.05) is 5.32 Å². The number of nitrogens with one attached hydrogen (secondary N) is 1. The molecule has 4 heteroatoms. The second-order valence-electron chi connectivity index (χ2n) is 4.12. The summed E-state index contributed by atoms with van der Waals surface area (Å²) in [7, 11) is 0. The number of halogens is 2. The van der Waals surface area contributed by atoms with Crippen molar-refractivity contribution < 1.29 is 5.11 Å². The standard InChI is InChI=1S/C14H13Cl2NO/c1-9-2-4-11(15)13(6-9)17-8-10-3-5-14(18)12(16)7-10/h2-7,17-18H,8H2,1H3. The highest BCUT2D eigenvalue weighted by atomic mass is 35.5. The van der Waals surface area contributed by atoms with Crippen LogP contribution in [-0.4, -0.2) is 5.11 Å². The van der Waals surface area contributed by atoms with E-state index in [4.69, 9.17) is 23.2 Å². The van der Waals surface area contributed by atoms with Crippen molar-refractivity contribution >= 4 is 28.9 Å². The minimum absolute atomic E-state index is 0.0917. The van der Waals surface area contributed by atoms with Crippen LogP contribution < -0.4 is 5.32 Å². The van der Waals surface area contributed by atoms with Crippen LogP contribution in [-0.2, 0) is 6.54 Å². The largest absolute Gasteiger partial charge is 0.506 e. The van der Waals surface area contributed by atoms with Crippen molar-refractivity contribution in [2.24, 2.45) is 0 Å². The molecule has 0 saturated heterocycles. The number of aryl methyl sites for hydroxylation is 1. The first-order valence-electron chi connectivity index (χ1n) is 5.53. The predicted octanol–water partition coefficient (Wildman–Crippen LogP) is 4.62. The normalized spacial score (nSPS) is 10.4. The molecular formula is C14H13Cl2NO. The Balaban J connectivity index is 2.11. The monoisotopic (exact) mass is 281 g/mol. The van der Waals surface area contributed by atoms with Gasteiger partial charge in [-0.25, -0.2) is 0 Å². The molecule has 0 fully saturated rings. The van der Waals surface area contributed by atoms with E-state index < -0.39 is 0 Å². The first-order valence-corrected chi connectivity index (χ1v) is 6.29. The lowest BCUT2D eigenvalue weighted by Gasteiger charge is -2.10. The maximum absolute atomic E-state index is 9.34. The molecule has 2 nitrogen and oxygen atoms in total. The van der Waals surface area contributed by atoms with Crippen molar-refractivity contribution in [1.29, 1.82) is 0 Å². The van der Waals surface area contributed by atoms with E-state index in [-0.39, 0.29) is 5.75 Å². The molecule has 0 amide bonds. The highest BCUT2D eigenvalue weighted by Crippen LogP contribution is 2.26. The van der Waals surface area contributed by atoms with Crippen LogP contribution in [0.3, 0.4) is 0 Å². The molecule has 0 spiro atoms. The van der Waals surface area contributed by atoms with Crippen molar-refractivity contribution in [3.8, 4) is 5.75 Å². The third-order valence-electron chi connectivity index (χ3n) is 2.62. The molecule has 0 aromatic heterocycles. The van der Waals surface area contributed by atoms with Crippen molar-refractivity contribution in [3.05, 3.63) is 57.6 Å². The Bertz CT molecular complexity index is 570. The van der Waals surface area contributed by atoms with Crippen LogP contribution in [0.4, 0.5) is 5.69 Å². The lowest BCUT2D eigenvalue weighted by Crippen LogP contribution is -2.00. The number of aromatic hydroxyl groups is 1. The minimum Gasteiger partial charge on any atom is -0.506 e. The zero-order valence-corrected chi connectivity index (χ0v) is 11.4. The second kappa shape index (κ2) is 5.51. The zero-order valence-electron chi connectivity index (χ0n) is 9.87. The number of phenols is 1. The maximum atomic E-state index is 9.34. The average molecular weight is 282 g/mol. The van der Waals surface area contributed by atoms with Crippen molar-refractivity contribution in [3.63, 3.8) is 0 Å². The van der Waals surface area contributed by atoms with Gasteiger partial charge in [-0.3, -0.25) is 0 Å². The molecule has 0 unspecified atom stereocenters. The number of phenolic OH excluding ortho intramolecular Hbond substituents is 1. The summed E-state index contributed by atoms with van der Waals surface area (Å²) in [5.41, 5.74) is 3.02. The number of hydrogen-bond acceptors (Lipinski definition) is 2. The van der Waals surface area contributed by atoms with E-state index in [1.807, 2.05) is 31.2 Å². The molecule has 0 bridgehead atoms. The average Bonchev–Trinajstić information content (AvgIpc) is 2.34. The van der Waals surface area contributed by atoms with Crippen molar-refractivity contribution in [2.45, 2.75) is 13.5 Å². The quantitative estimate of drug-likeness (QED) is 0.861. The highest BCUT2D eigenvalue weighted by molar-refractivity contribution is 6.33. The Hall–Kier alpha value is -1.38. The molecule has 0 aliphatic carbocycles. The van der Waals surface area contributed by atoms with Crippen LogP contribution in [0, 0.1) is 6.92 Å². The van der Waals surface area contributed by atoms with Gasteiger partial charge in [-0.15, -0.1) is 0 Å². The van der Waals surface area contributed by atoms with E-state index in [1.165, 1.54) is 0 Å². The van der Waals surface area contributed by atoms with Crippen LogP contribution in [0.1, 0.15) is 11.1 Å². The number of anilines is 1. The smallest absolute Gasteiger partial charge is 0.134 e. The van der Waals surface area contributed by atoms with Crippen molar-refractivity contribution in [1.82, 2.24) is 0 Å². The minimum atomic E-state index is 0.0917. The topological polar surface area (TPSA) is 32.3 Å². The lowest BCUT2D eigenvalue weighted by atomic mass is 10.2. The Kier molecular flexibility index (Phi) is 4.00. The summed E-state index contributed by atoms with van der Waals surface area (Å²) < 4.78 is 0. The summed E-state index contributed by atoms with van der Waals surface area (Å²) in [6.45, 7) is 2.61. The van der Waals surface area contributed by atoms with Gasteiger partial charge >= 0.3 is 0 Å². The maximum Gasteiger partial charge on any atom is 0.134 e. The summed E-state index contributed by atoms with van der Waals surface area (Å²) in [5.74, 6) is 0.0917. The van der Waals surface area contributed by atoms with Crippen LogP contribution in [0.15, 0.2) is 36.4 Å². The molecule has 0 atom stereocenters. The van der Waals surface area contributed by atoms with Gasteiger partial charge in [0.2, 0.25) is 0 Å². The van der Waals surface area contributed by atoms with E-state index >= 15 is 0 Å². The number of benzene rings is 2. The summed E-state index contributed by atoms with van der Waals surface area (Å²) >= 11 is 11.9. The molecule has 0 aliphatic heterocycles. The molecule has 94 valence electrons. The fourth-order valence-electron chi connectivity index (χ4n) is 1.63. The Labute approximate surface area is 116 Å². The van der Waals surface area contributed by atoms with Gasteiger partial charge in [-0.1, -0.05) is 35.3 Å². The van der Waals surface area contributed by atoms with Gasteiger partial charge in [-0.2, -0.15) is 0 Å². The van der Waals surface area contributed by atoms with E-state index in [1.54, 1.807) is 12.1 Å². The first-order chi connectivity index (χ1) is 8.56. The van der Waals surface area contributed by atoms with Crippen LogP contribution in [0.25, 0.3) is 0 Å². The molecule has 18 heavy (non-hydrogen) atoms. The molecular weight excluding hydrogens is 269 g/mol. The van der Waals surface area contributed by atoms with E-state index in [0.29, 0.717) is 16.6 Å². The molecule has 2 rings (SSSR count). The number of hydrogen-bond donors (Lipinski definition) is 2. The zero-order chi connectivity index (χ0) is 13.1. The fourth-order valence-corrected chi connectivity index (χ4v) is 2.02. The van der Waals surface area contributed by atoms with Crippen LogP contribution in [0.2, 0.25) is 10.0 Å². The summed E-state index contributed by atoms with van der Waals surface area (Å²) in [6.07, 6.45) is 0. The highest BCUT2D eigenvalue weighted by Gasteiger charge is 2.02. The molecule has 0 aliphatic rings. The van der Waals surface area contributed by atoms with E-state index in [9.17, 15) is 5.11 Å². The predicted molar refractivity (Wildman–Crippen MR) is 76.6 cm³/mol. The van der Waals surface area contributed by atoms with Crippen LogP contribution >= 0.6 is 23.2 Å². The first kappa shape index (κ1) is 13.1. The summed E-state index contributed by atoms with van der Waals surface area (Å²) in [6, 6.07) is 10.9. The fraction of sp³-hybridized carbons (Fsp3) is 0.143. The summed E-state index contributed by atoms with van der Waals surface area (Å²) in [5, 5.41) is 13.6. The van der Waals surface area contributed by atoms with E-state index in [0.717, 1.165) is 16.8 Å². The van der Waals surface area contributed by atoms with Gasteiger partial charge in [0.1, 0.15) is 5.75 Å². The molecule has 0 radical (unpaired) electrons. The molecule has 2 aromatic carbocycles. The molecule has 0 saturated carbocycles. The van der Waals surface area contributed by atoms with Gasteiger partial charge in [0.25, 0.3) is 0 Å². The SMILES string of the molecule is Cc1ccc(Cl)c(NCc2ccc(O)c(Cl)c2)c1. The van der Waals surface area contributed by atoms with Gasteiger partial charge in [-0.05, 0) is 42.3 Å². The Morgan fingerprint density at radius 1 is 1.06 bits per heavy atom. The Morgan fingerprint density at radius 2 is 1.83 bits per heavy atom.